The number of nitrogens with zero attached hydrogens (tertiary/aromatic N) is 2. The number of hydrogen-bond acceptors (Lipinski definition) is 2. The van der Waals surface area contributed by atoms with Crippen LogP contribution >= 0.6 is 0 Å². The minimum atomic E-state index is 0.169. The Kier molecular flexibility index (Phi) is 3.85. The zero-order chi connectivity index (χ0) is 11.5. The maximum atomic E-state index is 12.4. The van der Waals surface area contributed by atoms with E-state index in [0.717, 1.165) is 32.0 Å². The first-order chi connectivity index (χ1) is 7.68. The summed E-state index contributed by atoms with van der Waals surface area (Å²) in [6.45, 7) is 5.32. The Morgan fingerprint density at radius 1 is 1.06 bits per heavy atom. The summed E-state index contributed by atoms with van der Waals surface area (Å²) in [5, 5.41) is 0. The van der Waals surface area contributed by atoms with Gasteiger partial charge in [0, 0.05) is 13.1 Å². The lowest BCUT2D eigenvalue weighted by molar-refractivity contribution is -0.139. The predicted octanol–water partition coefficient (Wildman–Crippen LogP) is 1.73. The third-order valence-corrected chi connectivity index (χ3v) is 4.15. The van der Waals surface area contributed by atoms with Crippen LogP contribution in [0.3, 0.4) is 0 Å². The molecule has 16 heavy (non-hydrogen) atoms. The first-order valence-electron chi connectivity index (χ1n) is 6.67. The van der Waals surface area contributed by atoms with Crippen molar-refractivity contribution in [1.29, 1.82) is 0 Å². The van der Waals surface area contributed by atoms with Crippen molar-refractivity contribution >= 4 is 5.91 Å². The Balaban J connectivity index is 1.90. The molecular formula is C13H24N2O. The monoisotopic (exact) mass is 224 g/mol. The van der Waals surface area contributed by atoms with Crippen molar-refractivity contribution in [2.24, 2.45) is 5.92 Å². The van der Waals surface area contributed by atoms with Crippen molar-refractivity contribution in [3.63, 3.8) is 0 Å². The molecule has 2 saturated heterocycles. The lowest BCUT2D eigenvalue weighted by Crippen LogP contribution is -2.51. The van der Waals surface area contributed by atoms with Gasteiger partial charge in [-0.1, -0.05) is 13.3 Å². The summed E-state index contributed by atoms with van der Waals surface area (Å²) in [5.74, 6) is 1.18. The topological polar surface area (TPSA) is 23.6 Å². The zero-order valence-corrected chi connectivity index (χ0v) is 10.6. The molecule has 0 spiro atoms. The van der Waals surface area contributed by atoms with Crippen molar-refractivity contribution in [1.82, 2.24) is 9.80 Å². The normalized spacial score (nSPS) is 29.4. The molecule has 92 valence electrons. The molecule has 2 fully saturated rings. The van der Waals surface area contributed by atoms with E-state index in [2.05, 4.69) is 23.8 Å². The van der Waals surface area contributed by atoms with Crippen LogP contribution in [0.4, 0.5) is 0 Å². The highest BCUT2D eigenvalue weighted by Crippen LogP contribution is 2.21. The Hall–Kier alpha value is -0.570. The molecule has 1 atom stereocenters. The average Bonchev–Trinajstić information content (AvgIpc) is 2.30. The van der Waals surface area contributed by atoms with Crippen LogP contribution in [0.25, 0.3) is 0 Å². The number of likely N-dealkylation sites (tertiary alicyclic amines) is 2. The fourth-order valence-electron chi connectivity index (χ4n) is 2.83. The molecule has 0 saturated carbocycles. The van der Waals surface area contributed by atoms with Gasteiger partial charge in [0.05, 0.1) is 6.04 Å². The third kappa shape index (κ3) is 2.57. The summed E-state index contributed by atoms with van der Waals surface area (Å²) in [6.07, 6.45) is 5.88. The van der Waals surface area contributed by atoms with Crippen molar-refractivity contribution in [2.75, 3.05) is 26.7 Å². The lowest BCUT2D eigenvalue weighted by Gasteiger charge is -2.38. The highest BCUT2D eigenvalue weighted by molar-refractivity contribution is 5.82. The highest BCUT2D eigenvalue weighted by atomic mass is 16.2. The molecule has 2 heterocycles. The number of hydrogen-bond donors (Lipinski definition) is 0. The number of amides is 1. The van der Waals surface area contributed by atoms with Gasteiger partial charge in [0.25, 0.3) is 0 Å². The standard InChI is InChI=1S/C13H24N2O/c1-11-6-9-15(10-7-11)13(16)12-5-3-4-8-14(12)2/h11-12H,3-10H2,1-2H3. The molecule has 0 bridgehead atoms. The molecule has 0 aromatic rings. The lowest BCUT2D eigenvalue weighted by atomic mass is 9.96. The number of carbonyl (C=O) groups is 1. The molecule has 1 amide bonds. The Morgan fingerprint density at radius 2 is 1.75 bits per heavy atom. The molecule has 2 aliphatic heterocycles. The fourth-order valence-corrected chi connectivity index (χ4v) is 2.83. The van der Waals surface area contributed by atoms with Crippen LogP contribution in [0.15, 0.2) is 0 Å². The predicted molar refractivity (Wildman–Crippen MR) is 65.2 cm³/mol. The summed E-state index contributed by atoms with van der Waals surface area (Å²) in [4.78, 5) is 16.7. The van der Waals surface area contributed by atoms with E-state index < -0.39 is 0 Å². The maximum absolute atomic E-state index is 12.4. The van der Waals surface area contributed by atoms with Gasteiger partial charge in [-0.3, -0.25) is 9.69 Å². The summed E-state index contributed by atoms with van der Waals surface area (Å²) in [7, 11) is 2.09. The van der Waals surface area contributed by atoms with Gasteiger partial charge < -0.3 is 4.90 Å². The van der Waals surface area contributed by atoms with Crippen LogP contribution in [-0.2, 0) is 4.79 Å². The van der Waals surface area contributed by atoms with E-state index >= 15 is 0 Å². The third-order valence-electron chi connectivity index (χ3n) is 4.15. The van der Waals surface area contributed by atoms with Crippen molar-refractivity contribution in [3.05, 3.63) is 0 Å². The second-order valence-electron chi connectivity index (χ2n) is 5.50. The van der Waals surface area contributed by atoms with Crippen molar-refractivity contribution in [2.45, 2.75) is 45.1 Å². The molecule has 2 aliphatic rings. The van der Waals surface area contributed by atoms with Gasteiger partial charge in [-0.25, -0.2) is 0 Å². The van der Waals surface area contributed by atoms with Gasteiger partial charge in [0.2, 0.25) is 5.91 Å². The zero-order valence-electron chi connectivity index (χ0n) is 10.6. The summed E-state index contributed by atoms with van der Waals surface area (Å²) in [6, 6.07) is 0.169. The van der Waals surface area contributed by atoms with Crippen molar-refractivity contribution in [3.8, 4) is 0 Å². The van der Waals surface area contributed by atoms with Crippen LogP contribution < -0.4 is 0 Å². The van der Waals surface area contributed by atoms with E-state index in [0.29, 0.717) is 5.91 Å². The molecule has 0 aromatic carbocycles. The smallest absolute Gasteiger partial charge is 0.239 e. The number of rotatable bonds is 1. The molecule has 3 heteroatoms. The fraction of sp³-hybridized carbons (Fsp3) is 0.923. The summed E-state index contributed by atoms with van der Waals surface area (Å²) < 4.78 is 0. The molecule has 0 radical (unpaired) electrons. The second-order valence-corrected chi connectivity index (χ2v) is 5.50. The van der Waals surface area contributed by atoms with Gasteiger partial charge in [0.1, 0.15) is 0 Å². The molecule has 0 N–H and O–H groups in total. The molecule has 0 aliphatic carbocycles. The first kappa shape index (κ1) is 11.9. The first-order valence-corrected chi connectivity index (χ1v) is 6.67. The quantitative estimate of drug-likeness (QED) is 0.677. The van der Waals surface area contributed by atoms with Gasteiger partial charge in [0.15, 0.2) is 0 Å². The molecule has 0 aromatic heterocycles. The van der Waals surface area contributed by atoms with E-state index in [9.17, 15) is 4.79 Å². The molecule has 3 nitrogen and oxygen atoms in total. The Labute approximate surface area is 98.8 Å². The minimum Gasteiger partial charge on any atom is -0.341 e. The SMILES string of the molecule is CC1CCN(C(=O)C2CCCCN2C)CC1. The second kappa shape index (κ2) is 5.17. The van der Waals surface area contributed by atoms with Gasteiger partial charge in [-0.2, -0.15) is 0 Å². The van der Waals surface area contributed by atoms with Crippen molar-refractivity contribution < 1.29 is 4.79 Å². The van der Waals surface area contributed by atoms with Gasteiger partial charge >= 0.3 is 0 Å². The van der Waals surface area contributed by atoms with Crippen LogP contribution in [-0.4, -0.2) is 48.4 Å². The maximum Gasteiger partial charge on any atom is 0.239 e. The van der Waals surface area contributed by atoms with E-state index in [1.165, 1.54) is 25.7 Å². The summed E-state index contributed by atoms with van der Waals surface area (Å²) >= 11 is 0. The van der Waals surface area contributed by atoms with Crippen LogP contribution in [0.2, 0.25) is 0 Å². The Bertz CT molecular complexity index is 246. The van der Waals surface area contributed by atoms with E-state index in [-0.39, 0.29) is 6.04 Å². The highest BCUT2D eigenvalue weighted by Gasteiger charge is 2.30. The van der Waals surface area contributed by atoms with E-state index in [1.807, 2.05) is 0 Å². The van der Waals surface area contributed by atoms with E-state index in [1.54, 1.807) is 0 Å². The van der Waals surface area contributed by atoms with E-state index in [4.69, 9.17) is 0 Å². The largest absolute Gasteiger partial charge is 0.341 e. The molecule has 2 rings (SSSR count). The number of likely N-dealkylation sites (N-methyl/N-ethyl adjacent to an activating group) is 1. The van der Waals surface area contributed by atoms with Crippen LogP contribution in [0, 0.1) is 5.92 Å². The average molecular weight is 224 g/mol. The summed E-state index contributed by atoms with van der Waals surface area (Å²) in [5.41, 5.74) is 0. The van der Waals surface area contributed by atoms with Gasteiger partial charge in [-0.15, -0.1) is 0 Å². The van der Waals surface area contributed by atoms with Crippen LogP contribution in [0.1, 0.15) is 39.0 Å². The molecule has 1 unspecified atom stereocenters. The number of carbonyl (C=O) groups excluding carboxylic acids is 1. The minimum absolute atomic E-state index is 0.169. The number of piperidine rings is 2. The van der Waals surface area contributed by atoms with Gasteiger partial charge in [-0.05, 0) is 45.2 Å². The molecular weight excluding hydrogens is 200 g/mol. The van der Waals surface area contributed by atoms with Crippen LogP contribution in [0.5, 0.6) is 0 Å². The Morgan fingerprint density at radius 3 is 2.38 bits per heavy atom.